The Morgan fingerprint density at radius 1 is 1.00 bits per heavy atom. The first-order valence-electron chi connectivity index (χ1n) is 6.30. The fourth-order valence-corrected chi connectivity index (χ4v) is 4.24. The van der Waals surface area contributed by atoms with Crippen LogP contribution in [-0.2, 0) is 19.9 Å². The average Bonchev–Trinajstić information content (AvgIpc) is 2.46. The van der Waals surface area contributed by atoms with Crippen molar-refractivity contribution in [1.82, 2.24) is 0 Å². The average molecular weight is 420 g/mol. The minimum Gasteiger partial charge on any atom is -0.495 e. The maximum atomic E-state index is 12.5. The lowest BCUT2D eigenvalue weighted by atomic mass is 10.3. The lowest BCUT2D eigenvalue weighted by Gasteiger charge is -2.12. The van der Waals surface area contributed by atoms with E-state index in [2.05, 4.69) is 20.7 Å². The Morgan fingerprint density at radius 2 is 1.61 bits per heavy atom. The molecule has 0 saturated heterocycles. The molecule has 124 valence electrons. The van der Waals surface area contributed by atoms with Gasteiger partial charge in [-0.25, -0.2) is 16.8 Å². The van der Waals surface area contributed by atoms with E-state index in [9.17, 15) is 16.8 Å². The number of methoxy groups -OCH3 is 1. The molecule has 2 aromatic rings. The maximum Gasteiger partial charge on any atom is 0.265 e. The molecule has 1 N–H and O–H groups in total. The summed E-state index contributed by atoms with van der Waals surface area (Å²) in [6.07, 6.45) is 1.08. The molecule has 0 radical (unpaired) electrons. The quantitative estimate of drug-likeness (QED) is 0.804. The second-order valence-corrected chi connectivity index (χ2v) is 9.28. The normalized spacial score (nSPS) is 12.0. The highest BCUT2D eigenvalue weighted by molar-refractivity contribution is 9.10. The first kappa shape index (κ1) is 17.8. The first-order valence-corrected chi connectivity index (χ1v) is 10.5. The molecule has 9 heteroatoms. The summed E-state index contributed by atoms with van der Waals surface area (Å²) in [5.41, 5.74) is 0.249. The van der Waals surface area contributed by atoms with Crippen LogP contribution >= 0.6 is 15.9 Å². The molecule has 0 atom stereocenters. The SMILES string of the molecule is COc1ccc(Br)cc1S(=O)(=O)Nc1ccc(S(C)(=O)=O)cc1. The molecule has 2 aromatic carbocycles. The van der Waals surface area contributed by atoms with Crippen molar-refractivity contribution in [3.8, 4) is 5.75 Å². The number of sulfonamides is 1. The van der Waals surface area contributed by atoms with Gasteiger partial charge in [0.25, 0.3) is 10.0 Å². The van der Waals surface area contributed by atoms with Crippen molar-refractivity contribution in [3.63, 3.8) is 0 Å². The van der Waals surface area contributed by atoms with Gasteiger partial charge in [-0.3, -0.25) is 4.72 Å². The number of rotatable bonds is 5. The van der Waals surface area contributed by atoms with E-state index in [4.69, 9.17) is 4.74 Å². The van der Waals surface area contributed by atoms with Gasteiger partial charge in [-0.1, -0.05) is 15.9 Å². The van der Waals surface area contributed by atoms with Gasteiger partial charge in [0.15, 0.2) is 9.84 Å². The number of benzene rings is 2. The predicted octanol–water partition coefficient (Wildman–Crippen LogP) is 2.66. The zero-order valence-corrected chi connectivity index (χ0v) is 15.5. The molecular formula is C14H14BrNO5S2. The van der Waals surface area contributed by atoms with Crippen LogP contribution in [0.5, 0.6) is 5.75 Å². The van der Waals surface area contributed by atoms with Gasteiger partial charge in [-0.15, -0.1) is 0 Å². The Balaban J connectivity index is 2.37. The van der Waals surface area contributed by atoms with Crippen molar-refractivity contribution in [2.24, 2.45) is 0 Å². The van der Waals surface area contributed by atoms with E-state index >= 15 is 0 Å². The number of sulfone groups is 1. The summed E-state index contributed by atoms with van der Waals surface area (Å²) in [4.78, 5) is 0.0852. The Bertz CT molecular complexity index is 922. The van der Waals surface area contributed by atoms with Crippen molar-refractivity contribution in [2.45, 2.75) is 9.79 Å². The van der Waals surface area contributed by atoms with E-state index in [0.29, 0.717) is 4.47 Å². The summed E-state index contributed by atoms with van der Waals surface area (Å²) in [5.74, 6) is 0.202. The van der Waals surface area contributed by atoms with Gasteiger partial charge in [0, 0.05) is 16.4 Å². The van der Waals surface area contributed by atoms with Crippen molar-refractivity contribution < 1.29 is 21.6 Å². The van der Waals surface area contributed by atoms with Crippen LogP contribution in [-0.4, -0.2) is 30.2 Å². The van der Waals surface area contributed by atoms with Crippen LogP contribution in [0, 0.1) is 0 Å². The highest BCUT2D eigenvalue weighted by Crippen LogP contribution is 2.29. The molecule has 0 aliphatic heterocycles. The lowest BCUT2D eigenvalue weighted by molar-refractivity contribution is 0.403. The highest BCUT2D eigenvalue weighted by Gasteiger charge is 2.20. The largest absolute Gasteiger partial charge is 0.495 e. The standard InChI is InChI=1S/C14H14BrNO5S2/c1-21-13-8-3-10(15)9-14(13)23(19,20)16-11-4-6-12(7-5-11)22(2,17)18/h3-9,16H,1-2H3. The van der Waals surface area contributed by atoms with Gasteiger partial charge < -0.3 is 4.74 Å². The van der Waals surface area contributed by atoms with Crippen LogP contribution in [0.25, 0.3) is 0 Å². The molecule has 23 heavy (non-hydrogen) atoms. The second kappa shape index (κ2) is 6.50. The van der Waals surface area contributed by atoms with E-state index in [-0.39, 0.29) is 21.2 Å². The van der Waals surface area contributed by atoms with Crippen molar-refractivity contribution in [3.05, 3.63) is 46.9 Å². The molecule has 0 saturated carbocycles. The molecule has 2 rings (SSSR count). The lowest BCUT2D eigenvalue weighted by Crippen LogP contribution is -2.14. The third-order valence-corrected chi connectivity index (χ3v) is 5.97. The molecule has 0 aliphatic rings. The number of nitrogens with one attached hydrogen (secondary N) is 1. The fraction of sp³-hybridized carbons (Fsp3) is 0.143. The molecule has 0 bridgehead atoms. The summed E-state index contributed by atoms with van der Waals surface area (Å²) in [7, 11) is -5.84. The topological polar surface area (TPSA) is 89.5 Å². The van der Waals surface area contributed by atoms with Crippen LogP contribution in [0.4, 0.5) is 5.69 Å². The van der Waals surface area contributed by atoms with Gasteiger partial charge in [0.1, 0.15) is 10.6 Å². The molecule has 0 aliphatic carbocycles. The Morgan fingerprint density at radius 3 is 2.13 bits per heavy atom. The predicted molar refractivity (Wildman–Crippen MR) is 91.1 cm³/mol. The monoisotopic (exact) mass is 419 g/mol. The number of hydrogen-bond acceptors (Lipinski definition) is 5. The van der Waals surface area contributed by atoms with Crippen LogP contribution in [0.3, 0.4) is 0 Å². The number of halogens is 1. The minimum atomic E-state index is -3.88. The van der Waals surface area contributed by atoms with Crippen molar-refractivity contribution >= 4 is 41.5 Å². The summed E-state index contributed by atoms with van der Waals surface area (Å²) in [6, 6.07) is 10.1. The molecule has 0 aromatic heterocycles. The molecule has 0 amide bonds. The van der Waals surface area contributed by atoms with E-state index in [1.54, 1.807) is 6.07 Å². The highest BCUT2D eigenvalue weighted by atomic mass is 79.9. The molecular weight excluding hydrogens is 406 g/mol. The summed E-state index contributed by atoms with van der Waals surface area (Å²) in [6.45, 7) is 0. The smallest absolute Gasteiger partial charge is 0.265 e. The van der Waals surface area contributed by atoms with E-state index < -0.39 is 19.9 Å². The Hall–Kier alpha value is -1.58. The molecule has 0 spiro atoms. The van der Waals surface area contributed by atoms with E-state index in [1.807, 2.05) is 0 Å². The second-order valence-electron chi connectivity index (χ2n) is 4.70. The molecule has 6 nitrogen and oxygen atoms in total. The molecule has 0 heterocycles. The van der Waals surface area contributed by atoms with Crippen LogP contribution in [0.15, 0.2) is 56.7 Å². The first-order chi connectivity index (χ1) is 10.6. The van der Waals surface area contributed by atoms with Crippen LogP contribution in [0.2, 0.25) is 0 Å². The zero-order chi connectivity index (χ0) is 17.3. The molecule has 0 unspecified atom stereocenters. The number of ether oxygens (including phenoxy) is 1. The summed E-state index contributed by atoms with van der Waals surface area (Å²) in [5, 5.41) is 0. The number of anilines is 1. The zero-order valence-electron chi connectivity index (χ0n) is 12.3. The molecule has 0 fully saturated rings. The van der Waals surface area contributed by atoms with E-state index in [0.717, 1.165) is 6.26 Å². The minimum absolute atomic E-state index is 0.0263. The van der Waals surface area contributed by atoms with Gasteiger partial charge >= 0.3 is 0 Å². The Kier molecular flexibility index (Phi) is 5.02. The van der Waals surface area contributed by atoms with Crippen LogP contribution < -0.4 is 9.46 Å². The van der Waals surface area contributed by atoms with Crippen LogP contribution in [0.1, 0.15) is 0 Å². The van der Waals surface area contributed by atoms with Gasteiger partial charge in [-0.2, -0.15) is 0 Å². The van der Waals surface area contributed by atoms with E-state index in [1.165, 1.54) is 43.5 Å². The van der Waals surface area contributed by atoms with Gasteiger partial charge in [-0.05, 0) is 42.5 Å². The number of hydrogen-bond donors (Lipinski definition) is 1. The third-order valence-electron chi connectivity index (χ3n) is 2.95. The van der Waals surface area contributed by atoms with Gasteiger partial charge in [0.05, 0.1) is 12.0 Å². The summed E-state index contributed by atoms with van der Waals surface area (Å²) >= 11 is 3.22. The van der Waals surface area contributed by atoms with Gasteiger partial charge in [0.2, 0.25) is 0 Å². The fourth-order valence-electron chi connectivity index (χ4n) is 1.84. The van der Waals surface area contributed by atoms with Crippen molar-refractivity contribution in [1.29, 1.82) is 0 Å². The van der Waals surface area contributed by atoms with Crippen molar-refractivity contribution in [2.75, 3.05) is 18.1 Å². The Labute approximate surface area is 143 Å². The summed E-state index contributed by atoms with van der Waals surface area (Å²) < 4.78 is 55.8. The third kappa shape index (κ3) is 4.24. The maximum absolute atomic E-state index is 12.5.